The predicted octanol–water partition coefficient (Wildman–Crippen LogP) is 2.61. The summed E-state index contributed by atoms with van der Waals surface area (Å²) in [4.78, 5) is 26.1. The van der Waals surface area contributed by atoms with Crippen LogP contribution in [0.4, 0.5) is 5.69 Å². The fourth-order valence-electron chi connectivity index (χ4n) is 3.64. The summed E-state index contributed by atoms with van der Waals surface area (Å²) >= 11 is 0. The summed E-state index contributed by atoms with van der Waals surface area (Å²) in [5.74, 6) is 1.14. The predicted molar refractivity (Wildman–Crippen MR) is 99.3 cm³/mol. The minimum absolute atomic E-state index is 0.0455. The number of carbonyl (C=O) groups excluding carboxylic acids is 2. The van der Waals surface area contributed by atoms with E-state index < -0.39 is 0 Å². The van der Waals surface area contributed by atoms with E-state index in [0.29, 0.717) is 39.0 Å². The first-order chi connectivity index (χ1) is 12.6. The Hall–Kier alpha value is -2.08. The van der Waals surface area contributed by atoms with E-state index in [1.807, 2.05) is 36.9 Å². The van der Waals surface area contributed by atoms with Gasteiger partial charge >= 0.3 is 0 Å². The summed E-state index contributed by atoms with van der Waals surface area (Å²) in [6, 6.07) is 5.92. The van der Waals surface area contributed by atoms with Crippen molar-refractivity contribution in [3.05, 3.63) is 23.8 Å². The number of anilines is 1. The number of rotatable bonds is 7. The molecule has 0 aliphatic carbocycles. The molecule has 0 spiro atoms. The van der Waals surface area contributed by atoms with Crippen LogP contribution in [0.5, 0.6) is 5.75 Å². The first-order valence-corrected chi connectivity index (χ1v) is 9.50. The van der Waals surface area contributed by atoms with Gasteiger partial charge in [-0.15, -0.1) is 0 Å². The second kappa shape index (κ2) is 8.54. The van der Waals surface area contributed by atoms with Crippen LogP contribution in [-0.4, -0.2) is 49.1 Å². The molecule has 2 amide bonds. The van der Waals surface area contributed by atoms with Crippen LogP contribution in [0.1, 0.15) is 38.7 Å². The van der Waals surface area contributed by atoms with Gasteiger partial charge in [0.1, 0.15) is 5.75 Å². The molecule has 6 heteroatoms. The van der Waals surface area contributed by atoms with Gasteiger partial charge in [0.05, 0.1) is 19.3 Å². The third-order valence-corrected chi connectivity index (χ3v) is 5.06. The lowest BCUT2D eigenvalue weighted by molar-refractivity contribution is -0.134. The maximum atomic E-state index is 12.6. The lowest BCUT2D eigenvalue weighted by atomic mass is 10.0. The van der Waals surface area contributed by atoms with Gasteiger partial charge in [-0.3, -0.25) is 9.59 Å². The number of nitrogens with one attached hydrogen (secondary N) is 1. The Bertz CT molecular complexity index is 655. The SMILES string of the molecule is CCN(C(=O)CC(C)COc1cccc2c1CCC(=O)N2)C1CCOC1. The van der Waals surface area contributed by atoms with Crippen LogP contribution in [0.25, 0.3) is 0 Å². The average molecular weight is 360 g/mol. The van der Waals surface area contributed by atoms with Gasteiger partial charge in [0.25, 0.3) is 0 Å². The number of hydrogen-bond acceptors (Lipinski definition) is 4. The number of likely N-dealkylation sites (N-methyl/N-ethyl adjacent to an activating group) is 1. The zero-order chi connectivity index (χ0) is 18.5. The van der Waals surface area contributed by atoms with Gasteiger partial charge in [-0.05, 0) is 37.8 Å². The third-order valence-electron chi connectivity index (χ3n) is 5.06. The molecule has 3 rings (SSSR count). The van der Waals surface area contributed by atoms with Crippen molar-refractivity contribution in [3.8, 4) is 5.75 Å². The maximum Gasteiger partial charge on any atom is 0.224 e. The van der Waals surface area contributed by atoms with E-state index in [1.165, 1.54) is 0 Å². The largest absolute Gasteiger partial charge is 0.493 e. The summed E-state index contributed by atoms with van der Waals surface area (Å²) in [5, 5.41) is 2.88. The van der Waals surface area contributed by atoms with Crippen molar-refractivity contribution in [2.24, 2.45) is 5.92 Å². The molecule has 1 fully saturated rings. The summed E-state index contributed by atoms with van der Waals surface area (Å²) < 4.78 is 11.4. The zero-order valence-corrected chi connectivity index (χ0v) is 15.6. The summed E-state index contributed by atoms with van der Waals surface area (Å²) in [7, 11) is 0. The fraction of sp³-hybridized carbons (Fsp3) is 0.600. The van der Waals surface area contributed by atoms with E-state index in [1.54, 1.807) is 0 Å². The molecule has 6 nitrogen and oxygen atoms in total. The average Bonchev–Trinajstić information content (AvgIpc) is 3.14. The molecular formula is C20H28N2O4. The number of carbonyl (C=O) groups is 2. The Balaban J connectivity index is 1.54. The molecule has 0 radical (unpaired) electrons. The second-order valence-corrected chi connectivity index (χ2v) is 7.15. The van der Waals surface area contributed by atoms with Crippen LogP contribution in [0.15, 0.2) is 18.2 Å². The van der Waals surface area contributed by atoms with E-state index in [4.69, 9.17) is 9.47 Å². The van der Waals surface area contributed by atoms with Gasteiger partial charge in [0, 0.05) is 37.2 Å². The Kier molecular flexibility index (Phi) is 6.14. The van der Waals surface area contributed by atoms with E-state index in [0.717, 1.165) is 30.0 Å². The summed E-state index contributed by atoms with van der Waals surface area (Å²) in [6.07, 6.45) is 2.56. The van der Waals surface area contributed by atoms with Crippen molar-refractivity contribution in [1.29, 1.82) is 0 Å². The molecule has 1 saturated heterocycles. The monoisotopic (exact) mass is 360 g/mol. The van der Waals surface area contributed by atoms with Crippen molar-refractivity contribution < 1.29 is 19.1 Å². The molecule has 2 unspecified atom stereocenters. The fourth-order valence-corrected chi connectivity index (χ4v) is 3.64. The van der Waals surface area contributed by atoms with Crippen LogP contribution >= 0.6 is 0 Å². The van der Waals surface area contributed by atoms with Crippen molar-refractivity contribution in [2.45, 2.75) is 45.6 Å². The smallest absolute Gasteiger partial charge is 0.224 e. The van der Waals surface area contributed by atoms with E-state index in [-0.39, 0.29) is 23.8 Å². The second-order valence-electron chi connectivity index (χ2n) is 7.15. The summed E-state index contributed by atoms with van der Waals surface area (Å²) in [5.41, 5.74) is 1.88. The number of amides is 2. The van der Waals surface area contributed by atoms with E-state index in [2.05, 4.69) is 5.32 Å². The maximum absolute atomic E-state index is 12.6. The Morgan fingerprint density at radius 1 is 1.42 bits per heavy atom. The minimum atomic E-state index is 0.0455. The first kappa shape index (κ1) is 18.7. The molecule has 0 saturated carbocycles. The highest BCUT2D eigenvalue weighted by Crippen LogP contribution is 2.31. The van der Waals surface area contributed by atoms with Gasteiger partial charge in [0.15, 0.2) is 0 Å². The van der Waals surface area contributed by atoms with E-state index in [9.17, 15) is 9.59 Å². The van der Waals surface area contributed by atoms with Crippen LogP contribution in [0.3, 0.4) is 0 Å². The molecule has 2 aliphatic rings. The molecule has 142 valence electrons. The topological polar surface area (TPSA) is 67.9 Å². The molecule has 26 heavy (non-hydrogen) atoms. The Morgan fingerprint density at radius 2 is 2.27 bits per heavy atom. The molecule has 2 heterocycles. The van der Waals surface area contributed by atoms with E-state index >= 15 is 0 Å². The molecule has 0 aromatic heterocycles. The quantitative estimate of drug-likeness (QED) is 0.812. The van der Waals surface area contributed by atoms with Crippen molar-refractivity contribution in [3.63, 3.8) is 0 Å². The normalized spacial score (nSPS) is 20.2. The summed E-state index contributed by atoms with van der Waals surface area (Å²) in [6.45, 7) is 6.63. The Morgan fingerprint density at radius 3 is 3.00 bits per heavy atom. The van der Waals surface area contributed by atoms with Crippen LogP contribution < -0.4 is 10.1 Å². The lowest BCUT2D eigenvalue weighted by Gasteiger charge is -2.28. The standard InChI is InChI=1S/C20H28N2O4/c1-3-22(15-9-10-25-13-15)20(24)11-14(2)12-26-18-6-4-5-17-16(18)7-8-19(23)21-17/h4-6,14-15H,3,7-13H2,1-2H3,(H,21,23). The molecule has 0 bridgehead atoms. The number of nitrogens with zero attached hydrogens (tertiary/aromatic N) is 1. The van der Waals surface area contributed by atoms with Gasteiger partial charge < -0.3 is 19.7 Å². The molecule has 1 aromatic carbocycles. The van der Waals surface area contributed by atoms with Crippen molar-refractivity contribution in [1.82, 2.24) is 4.90 Å². The molecule has 1 aromatic rings. The minimum Gasteiger partial charge on any atom is -0.493 e. The van der Waals surface area contributed by atoms with Crippen molar-refractivity contribution in [2.75, 3.05) is 31.7 Å². The van der Waals surface area contributed by atoms with Crippen LogP contribution in [0.2, 0.25) is 0 Å². The van der Waals surface area contributed by atoms with Crippen LogP contribution in [0, 0.1) is 5.92 Å². The highest BCUT2D eigenvalue weighted by atomic mass is 16.5. The van der Waals surface area contributed by atoms with Crippen LogP contribution in [-0.2, 0) is 20.7 Å². The third kappa shape index (κ3) is 4.36. The Labute approximate surface area is 154 Å². The zero-order valence-electron chi connectivity index (χ0n) is 15.6. The lowest BCUT2D eigenvalue weighted by Crippen LogP contribution is -2.41. The number of benzene rings is 1. The molecule has 2 atom stereocenters. The number of hydrogen-bond donors (Lipinski definition) is 1. The van der Waals surface area contributed by atoms with Gasteiger partial charge in [-0.2, -0.15) is 0 Å². The first-order valence-electron chi connectivity index (χ1n) is 9.50. The number of fused-ring (bicyclic) bond motifs is 1. The molecule has 2 aliphatic heterocycles. The highest BCUT2D eigenvalue weighted by Gasteiger charge is 2.27. The van der Waals surface area contributed by atoms with Gasteiger partial charge in [0.2, 0.25) is 11.8 Å². The van der Waals surface area contributed by atoms with Crippen molar-refractivity contribution >= 4 is 17.5 Å². The molecule has 1 N–H and O–H groups in total. The van der Waals surface area contributed by atoms with Gasteiger partial charge in [-0.1, -0.05) is 13.0 Å². The molecular weight excluding hydrogens is 332 g/mol. The van der Waals surface area contributed by atoms with Gasteiger partial charge in [-0.25, -0.2) is 0 Å². The number of ether oxygens (including phenoxy) is 2. The highest BCUT2D eigenvalue weighted by molar-refractivity contribution is 5.94.